The van der Waals surface area contributed by atoms with Crippen LogP contribution in [0.3, 0.4) is 0 Å². The van der Waals surface area contributed by atoms with Gasteiger partial charge in [-0.25, -0.2) is 13.8 Å². The molecule has 1 fully saturated rings. The Morgan fingerprint density at radius 2 is 1.60 bits per heavy atom. The fourth-order valence-electron chi connectivity index (χ4n) is 3.37. The topological polar surface area (TPSA) is 48.5 Å². The number of hydrogen-bond acceptors (Lipinski definition) is 5. The molecule has 3 aromatic rings. The van der Waals surface area contributed by atoms with E-state index in [4.69, 9.17) is 0 Å². The van der Waals surface area contributed by atoms with Crippen molar-refractivity contribution in [1.82, 2.24) is 15.2 Å². The molecule has 1 aliphatic rings. The highest BCUT2D eigenvalue weighted by Gasteiger charge is 2.19. The number of thiazole rings is 1. The van der Waals surface area contributed by atoms with Crippen molar-refractivity contribution in [1.29, 1.82) is 0 Å². The maximum atomic E-state index is 13.1. The minimum atomic E-state index is -0.298. The number of carbonyl (C=O) groups is 1. The van der Waals surface area contributed by atoms with E-state index in [0.717, 1.165) is 42.4 Å². The lowest BCUT2D eigenvalue weighted by molar-refractivity contribution is 0.0946. The molecule has 1 aliphatic heterocycles. The molecule has 30 heavy (non-hydrogen) atoms. The van der Waals surface area contributed by atoms with Gasteiger partial charge in [-0.3, -0.25) is 9.69 Å². The number of carbonyl (C=O) groups excluding carboxylic acids is 1. The lowest BCUT2D eigenvalue weighted by Crippen LogP contribution is -2.45. The van der Waals surface area contributed by atoms with Crippen LogP contribution in [0.15, 0.2) is 53.9 Å². The van der Waals surface area contributed by atoms with Crippen LogP contribution in [0.4, 0.5) is 14.5 Å². The van der Waals surface area contributed by atoms with Crippen molar-refractivity contribution in [2.45, 2.75) is 13.1 Å². The Morgan fingerprint density at radius 1 is 0.967 bits per heavy atom. The van der Waals surface area contributed by atoms with Crippen LogP contribution in [0.1, 0.15) is 21.1 Å². The Labute approximate surface area is 178 Å². The second-order valence-electron chi connectivity index (χ2n) is 7.18. The Hall–Kier alpha value is -2.84. The number of amides is 1. The SMILES string of the molecule is O=C(NCc1ccc(F)cc1)c1csc(CN2CCN(c3ccc(F)cc3)CC2)n1. The Kier molecular flexibility index (Phi) is 6.35. The lowest BCUT2D eigenvalue weighted by Gasteiger charge is -2.35. The average Bonchev–Trinajstić information content (AvgIpc) is 3.23. The molecule has 1 amide bonds. The second-order valence-corrected chi connectivity index (χ2v) is 8.12. The number of benzene rings is 2. The van der Waals surface area contributed by atoms with Crippen molar-refractivity contribution >= 4 is 22.9 Å². The van der Waals surface area contributed by atoms with Gasteiger partial charge in [-0.15, -0.1) is 11.3 Å². The first-order valence-corrected chi connectivity index (χ1v) is 10.6. The second kappa shape index (κ2) is 9.32. The molecule has 156 valence electrons. The highest BCUT2D eigenvalue weighted by molar-refractivity contribution is 7.09. The molecule has 0 bridgehead atoms. The molecule has 0 aliphatic carbocycles. The van der Waals surface area contributed by atoms with Gasteiger partial charge in [0, 0.05) is 43.8 Å². The van der Waals surface area contributed by atoms with Crippen molar-refractivity contribution in [3.8, 4) is 0 Å². The molecule has 4 rings (SSSR count). The van der Waals surface area contributed by atoms with Crippen LogP contribution in [0.2, 0.25) is 0 Å². The Bertz CT molecular complexity index is 983. The lowest BCUT2D eigenvalue weighted by atomic mass is 10.2. The third-order valence-corrected chi connectivity index (χ3v) is 5.91. The van der Waals surface area contributed by atoms with Crippen LogP contribution >= 0.6 is 11.3 Å². The number of rotatable bonds is 6. The fourth-order valence-corrected chi connectivity index (χ4v) is 4.19. The van der Waals surface area contributed by atoms with Gasteiger partial charge < -0.3 is 10.2 Å². The largest absolute Gasteiger partial charge is 0.369 e. The minimum absolute atomic E-state index is 0.223. The summed E-state index contributed by atoms with van der Waals surface area (Å²) in [5.74, 6) is -0.755. The van der Waals surface area contributed by atoms with E-state index >= 15 is 0 Å². The highest BCUT2D eigenvalue weighted by atomic mass is 32.1. The predicted molar refractivity (Wildman–Crippen MR) is 114 cm³/mol. The first-order valence-electron chi connectivity index (χ1n) is 9.77. The molecule has 2 heterocycles. The fraction of sp³-hybridized carbons (Fsp3) is 0.273. The molecular weight excluding hydrogens is 406 g/mol. The molecule has 0 atom stereocenters. The van der Waals surface area contributed by atoms with Crippen molar-refractivity contribution in [2.75, 3.05) is 31.1 Å². The van der Waals surface area contributed by atoms with E-state index in [-0.39, 0.29) is 17.5 Å². The van der Waals surface area contributed by atoms with Gasteiger partial charge in [0.15, 0.2) is 0 Å². The van der Waals surface area contributed by atoms with Crippen molar-refractivity contribution in [2.24, 2.45) is 0 Å². The van der Waals surface area contributed by atoms with Gasteiger partial charge in [-0.2, -0.15) is 0 Å². The van der Waals surface area contributed by atoms with E-state index < -0.39 is 0 Å². The molecule has 2 aromatic carbocycles. The predicted octanol–water partition coefficient (Wildman–Crippen LogP) is 3.67. The number of hydrogen-bond donors (Lipinski definition) is 1. The molecule has 5 nitrogen and oxygen atoms in total. The molecule has 0 spiro atoms. The van der Waals surface area contributed by atoms with E-state index in [2.05, 4.69) is 20.1 Å². The van der Waals surface area contributed by atoms with Crippen molar-refractivity contribution in [3.63, 3.8) is 0 Å². The van der Waals surface area contributed by atoms with Gasteiger partial charge in [-0.05, 0) is 42.0 Å². The summed E-state index contributed by atoms with van der Waals surface area (Å²) in [5.41, 5.74) is 2.27. The third kappa shape index (κ3) is 5.20. The highest BCUT2D eigenvalue weighted by Crippen LogP contribution is 2.19. The molecule has 0 saturated carbocycles. The van der Waals surface area contributed by atoms with Crippen LogP contribution in [0, 0.1) is 11.6 Å². The summed E-state index contributed by atoms with van der Waals surface area (Å²) in [7, 11) is 0. The van der Waals surface area contributed by atoms with Gasteiger partial charge in [0.1, 0.15) is 22.3 Å². The van der Waals surface area contributed by atoms with Gasteiger partial charge in [0.25, 0.3) is 5.91 Å². The number of anilines is 1. The Balaban J connectivity index is 1.26. The number of aromatic nitrogens is 1. The molecule has 0 unspecified atom stereocenters. The van der Waals surface area contributed by atoms with Crippen LogP contribution < -0.4 is 10.2 Å². The summed E-state index contributed by atoms with van der Waals surface area (Å²) in [6.45, 7) is 4.51. The standard InChI is InChI=1S/C22H22F2N4OS/c23-17-3-1-16(2-4-17)13-25-22(29)20-15-30-21(26-20)14-27-9-11-28(12-10-27)19-7-5-18(24)6-8-19/h1-8,15H,9-14H2,(H,25,29). The van der Waals surface area contributed by atoms with Crippen LogP contribution in [-0.4, -0.2) is 42.0 Å². The van der Waals surface area contributed by atoms with Gasteiger partial charge in [-0.1, -0.05) is 12.1 Å². The first kappa shape index (κ1) is 20.4. The van der Waals surface area contributed by atoms with Gasteiger partial charge in [0.05, 0.1) is 6.54 Å². The zero-order valence-electron chi connectivity index (χ0n) is 16.4. The summed E-state index contributed by atoms with van der Waals surface area (Å²) in [4.78, 5) is 21.3. The zero-order valence-corrected chi connectivity index (χ0v) is 17.2. The van der Waals surface area contributed by atoms with Gasteiger partial charge in [0.2, 0.25) is 0 Å². The molecular formula is C22H22F2N4OS. The maximum Gasteiger partial charge on any atom is 0.271 e. The summed E-state index contributed by atoms with van der Waals surface area (Å²) in [5, 5.41) is 5.48. The number of nitrogens with one attached hydrogen (secondary N) is 1. The zero-order chi connectivity index (χ0) is 20.9. The van der Waals surface area contributed by atoms with E-state index in [1.165, 1.54) is 35.6 Å². The quantitative estimate of drug-likeness (QED) is 0.651. The normalized spacial score (nSPS) is 14.7. The average molecular weight is 429 g/mol. The molecule has 0 radical (unpaired) electrons. The summed E-state index contributed by atoms with van der Waals surface area (Å²) >= 11 is 1.48. The number of halogens is 2. The van der Waals surface area contributed by atoms with Crippen LogP contribution in [-0.2, 0) is 13.1 Å². The number of piperazine rings is 1. The summed E-state index contributed by atoms with van der Waals surface area (Å²) in [6.07, 6.45) is 0. The molecule has 8 heteroatoms. The molecule has 1 N–H and O–H groups in total. The number of nitrogens with zero attached hydrogens (tertiary/aromatic N) is 3. The third-order valence-electron chi connectivity index (χ3n) is 5.07. The van der Waals surface area contributed by atoms with Gasteiger partial charge >= 0.3 is 0 Å². The first-order chi connectivity index (χ1) is 14.6. The minimum Gasteiger partial charge on any atom is -0.369 e. The van der Waals surface area contributed by atoms with Crippen LogP contribution in [0.25, 0.3) is 0 Å². The van der Waals surface area contributed by atoms with E-state index in [1.54, 1.807) is 17.5 Å². The van der Waals surface area contributed by atoms with Crippen molar-refractivity contribution < 1.29 is 13.6 Å². The molecule has 1 aromatic heterocycles. The van der Waals surface area contributed by atoms with E-state index in [9.17, 15) is 13.6 Å². The Morgan fingerprint density at radius 3 is 2.27 bits per heavy atom. The summed E-state index contributed by atoms with van der Waals surface area (Å²) in [6, 6.07) is 12.6. The monoisotopic (exact) mass is 428 g/mol. The molecule has 1 saturated heterocycles. The maximum absolute atomic E-state index is 13.1. The summed E-state index contributed by atoms with van der Waals surface area (Å²) < 4.78 is 26.0. The smallest absolute Gasteiger partial charge is 0.271 e. The van der Waals surface area contributed by atoms with E-state index in [0.29, 0.717) is 18.8 Å². The van der Waals surface area contributed by atoms with Crippen molar-refractivity contribution in [3.05, 3.63) is 81.8 Å². The van der Waals surface area contributed by atoms with Crippen LogP contribution in [0.5, 0.6) is 0 Å². The van der Waals surface area contributed by atoms with E-state index in [1.807, 2.05) is 12.1 Å².